The Balaban J connectivity index is 1.92. The van der Waals surface area contributed by atoms with E-state index in [1.54, 1.807) is 0 Å². The summed E-state index contributed by atoms with van der Waals surface area (Å²) in [4.78, 5) is 13.7. The van der Waals surface area contributed by atoms with Crippen LogP contribution in [-0.4, -0.2) is 37.6 Å². The topological polar surface area (TPSA) is 41.6 Å². The molecule has 2 aliphatic rings. The molecule has 0 amide bonds. The molecule has 1 aromatic rings. The molecule has 21 heavy (non-hydrogen) atoms. The summed E-state index contributed by atoms with van der Waals surface area (Å²) in [6, 6.07) is 6.04. The van der Waals surface area contributed by atoms with Gasteiger partial charge in [-0.1, -0.05) is 0 Å². The fourth-order valence-electron chi connectivity index (χ4n) is 3.49. The van der Waals surface area contributed by atoms with Crippen molar-refractivity contribution in [2.45, 2.75) is 25.7 Å². The predicted molar refractivity (Wildman–Crippen MR) is 83.4 cm³/mol. The molecule has 1 N–H and O–H groups in total. The highest BCUT2D eigenvalue weighted by Gasteiger charge is 2.36. The average molecular weight is 286 g/mol. The molecule has 0 radical (unpaired) electrons. The summed E-state index contributed by atoms with van der Waals surface area (Å²) in [5.41, 5.74) is 2.91. The van der Waals surface area contributed by atoms with E-state index in [-0.39, 0.29) is 5.92 Å². The number of nitrogens with one attached hydrogen (secondary N) is 1. The number of likely N-dealkylation sites (tertiary alicyclic amines) is 1. The van der Waals surface area contributed by atoms with Crippen LogP contribution >= 0.6 is 0 Å². The fourth-order valence-corrected chi connectivity index (χ4v) is 3.49. The summed E-state index contributed by atoms with van der Waals surface area (Å²) < 4.78 is 5.61. The Kier molecular flexibility index (Phi) is 4.00. The van der Waals surface area contributed by atoms with Crippen LogP contribution in [0.4, 0.5) is 5.69 Å². The lowest BCUT2D eigenvalue weighted by Crippen LogP contribution is -2.32. The second-order valence-electron chi connectivity index (χ2n) is 5.94. The maximum Gasteiger partial charge on any atom is 0.146 e. The number of piperidine rings is 1. The number of hydrogen-bond donors (Lipinski definition) is 1. The summed E-state index contributed by atoms with van der Waals surface area (Å²) in [6.45, 7) is 4.82. The number of fused-ring (bicyclic) bond motifs is 1. The summed E-state index contributed by atoms with van der Waals surface area (Å²) in [6.07, 6.45) is 2.23. The minimum absolute atomic E-state index is 0.145. The largest absolute Gasteiger partial charge is 0.494 e. The maximum atomic E-state index is 11.3. The van der Waals surface area contributed by atoms with E-state index in [2.05, 4.69) is 29.3 Å². The number of benzene rings is 1. The Bertz CT molecular complexity index is 570. The number of anilines is 1. The first-order chi connectivity index (χ1) is 10.2. The lowest BCUT2D eigenvalue weighted by Gasteiger charge is -2.32. The van der Waals surface area contributed by atoms with Crippen molar-refractivity contribution in [3.8, 4) is 5.75 Å². The molecule has 4 nitrogen and oxygen atoms in total. The van der Waals surface area contributed by atoms with Crippen LogP contribution in [0.15, 0.2) is 23.9 Å². The highest BCUT2D eigenvalue weighted by atomic mass is 16.5. The smallest absolute Gasteiger partial charge is 0.146 e. The van der Waals surface area contributed by atoms with E-state index in [4.69, 9.17) is 4.74 Å². The van der Waals surface area contributed by atoms with Crippen LogP contribution in [0.25, 0.3) is 0 Å². The molecule has 0 aliphatic carbocycles. The van der Waals surface area contributed by atoms with Gasteiger partial charge in [0.2, 0.25) is 0 Å². The second kappa shape index (κ2) is 5.92. The quantitative estimate of drug-likeness (QED) is 0.867. The number of ether oxygens (including phenoxy) is 1. The molecule has 1 saturated heterocycles. The molecule has 1 unspecified atom stereocenters. The van der Waals surface area contributed by atoms with Crippen molar-refractivity contribution in [3.05, 3.63) is 29.5 Å². The summed E-state index contributed by atoms with van der Waals surface area (Å²) in [5, 5.41) is 3.24. The molecule has 2 heterocycles. The van der Waals surface area contributed by atoms with Crippen molar-refractivity contribution in [1.29, 1.82) is 0 Å². The fraction of sp³-hybridized carbons (Fsp3) is 0.529. The van der Waals surface area contributed by atoms with Crippen LogP contribution in [0.5, 0.6) is 5.75 Å². The molecular formula is C17H22N2O2. The SMILES string of the molecule is CCOc1ccc2c(c1)C(C1CCN(C)CC1)C(=C=O)N2. The third-order valence-corrected chi connectivity index (χ3v) is 4.59. The van der Waals surface area contributed by atoms with Crippen LogP contribution in [0.3, 0.4) is 0 Å². The molecule has 1 atom stereocenters. The zero-order chi connectivity index (χ0) is 14.8. The lowest BCUT2D eigenvalue weighted by molar-refractivity contribution is 0.208. The first-order valence-corrected chi connectivity index (χ1v) is 7.70. The molecule has 0 saturated carbocycles. The Morgan fingerprint density at radius 1 is 1.38 bits per heavy atom. The summed E-state index contributed by atoms with van der Waals surface area (Å²) in [7, 11) is 2.15. The van der Waals surface area contributed by atoms with Gasteiger partial charge in [0.1, 0.15) is 17.4 Å². The lowest BCUT2D eigenvalue weighted by atomic mass is 9.80. The molecular weight excluding hydrogens is 264 g/mol. The van der Waals surface area contributed by atoms with E-state index < -0.39 is 0 Å². The summed E-state index contributed by atoms with van der Waals surface area (Å²) >= 11 is 0. The van der Waals surface area contributed by atoms with Crippen LogP contribution in [0.2, 0.25) is 0 Å². The van der Waals surface area contributed by atoms with Gasteiger partial charge in [0.25, 0.3) is 0 Å². The van der Waals surface area contributed by atoms with Crippen molar-refractivity contribution in [2.24, 2.45) is 5.92 Å². The second-order valence-corrected chi connectivity index (χ2v) is 5.94. The third-order valence-electron chi connectivity index (χ3n) is 4.59. The Hall–Kier alpha value is -1.77. The van der Waals surface area contributed by atoms with Gasteiger partial charge in [-0.2, -0.15) is 0 Å². The summed E-state index contributed by atoms with van der Waals surface area (Å²) in [5.74, 6) is 3.65. The van der Waals surface area contributed by atoms with Gasteiger partial charge in [0, 0.05) is 11.6 Å². The zero-order valence-electron chi connectivity index (χ0n) is 12.7. The van der Waals surface area contributed by atoms with E-state index >= 15 is 0 Å². The van der Waals surface area contributed by atoms with E-state index in [0.29, 0.717) is 18.2 Å². The van der Waals surface area contributed by atoms with Gasteiger partial charge in [0.15, 0.2) is 0 Å². The van der Waals surface area contributed by atoms with Crippen LogP contribution in [0.1, 0.15) is 31.2 Å². The number of hydrogen-bond acceptors (Lipinski definition) is 4. The molecule has 0 spiro atoms. The molecule has 3 rings (SSSR count). The Labute approximate surface area is 125 Å². The van der Waals surface area contributed by atoms with E-state index in [1.807, 2.05) is 19.1 Å². The van der Waals surface area contributed by atoms with Gasteiger partial charge >= 0.3 is 0 Å². The van der Waals surface area contributed by atoms with E-state index in [0.717, 1.165) is 37.4 Å². The molecule has 1 fully saturated rings. The number of allylic oxidation sites excluding steroid dienone is 1. The van der Waals surface area contributed by atoms with E-state index in [1.165, 1.54) is 5.56 Å². The molecule has 0 aromatic heterocycles. The highest BCUT2D eigenvalue weighted by molar-refractivity contribution is 5.75. The van der Waals surface area contributed by atoms with Crippen LogP contribution in [0, 0.1) is 5.92 Å². The molecule has 112 valence electrons. The molecule has 0 bridgehead atoms. The van der Waals surface area contributed by atoms with Gasteiger partial charge in [-0.25, -0.2) is 4.79 Å². The van der Waals surface area contributed by atoms with Gasteiger partial charge in [-0.05, 0) is 69.6 Å². The van der Waals surface area contributed by atoms with E-state index in [9.17, 15) is 4.79 Å². The van der Waals surface area contributed by atoms with Crippen molar-refractivity contribution in [3.63, 3.8) is 0 Å². The normalized spacial score (nSPS) is 22.6. The zero-order valence-corrected chi connectivity index (χ0v) is 12.7. The minimum Gasteiger partial charge on any atom is -0.494 e. The van der Waals surface area contributed by atoms with Gasteiger partial charge in [0.05, 0.1) is 6.61 Å². The first-order valence-electron chi connectivity index (χ1n) is 7.70. The molecule has 2 aliphatic heterocycles. The van der Waals surface area contributed by atoms with Crippen molar-refractivity contribution >= 4 is 11.6 Å². The van der Waals surface area contributed by atoms with Gasteiger partial charge in [-0.15, -0.1) is 0 Å². The Morgan fingerprint density at radius 2 is 2.14 bits per heavy atom. The average Bonchev–Trinajstić information content (AvgIpc) is 2.86. The molecule has 4 heteroatoms. The Morgan fingerprint density at radius 3 is 2.81 bits per heavy atom. The number of carbonyl (C=O) groups excluding carboxylic acids is 1. The van der Waals surface area contributed by atoms with Gasteiger partial charge in [-0.3, -0.25) is 0 Å². The van der Waals surface area contributed by atoms with Crippen molar-refractivity contribution in [2.75, 3.05) is 32.1 Å². The molecule has 1 aromatic carbocycles. The first kappa shape index (κ1) is 14.2. The van der Waals surface area contributed by atoms with Crippen molar-refractivity contribution < 1.29 is 9.53 Å². The predicted octanol–water partition coefficient (Wildman–Crippen LogP) is 2.65. The maximum absolute atomic E-state index is 11.3. The number of rotatable bonds is 3. The van der Waals surface area contributed by atoms with Crippen molar-refractivity contribution in [1.82, 2.24) is 4.90 Å². The van der Waals surface area contributed by atoms with Crippen LogP contribution < -0.4 is 10.1 Å². The monoisotopic (exact) mass is 286 g/mol. The number of nitrogens with zero attached hydrogens (tertiary/aromatic N) is 1. The van der Waals surface area contributed by atoms with Crippen LogP contribution in [-0.2, 0) is 4.79 Å². The third kappa shape index (κ3) is 2.69. The highest BCUT2D eigenvalue weighted by Crippen LogP contribution is 2.46. The standard InChI is InChI=1S/C17H22N2O2/c1-3-21-13-4-5-15-14(10-13)17(16(11-20)18-15)12-6-8-19(2)9-7-12/h4-5,10,12,17-18H,3,6-9H2,1-2H3. The minimum atomic E-state index is 0.145. The van der Waals surface area contributed by atoms with Gasteiger partial charge < -0.3 is 15.0 Å².